The molecule has 0 bridgehead atoms. The Bertz CT molecular complexity index is 555. The van der Waals surface area contributed by atoms with E-state index in [9.17, 15) is 13.2 Å². The molecule has 0 saturated heterocycles. The first-order chi connectivity index (χ1) is 10.0. The average Bonchev–Trinajstić information content (AvgIpc) is 2.48. The highest BCUT2D eigenvalue weighted by atomic mass is 32.2. The van der Waals surface area contributed by atoms with Crippen molar-refractivity contribution in [2.75, 3.05) is 12.3 Å². The third-order valence-electron chi connectivity index (χ3n) is 3.05. The van der Waals surface area contributed by atoms with Crippen LogP contribution < -0.4 is 5.73 Å². The van der Waals surface area contributed by atoms with Gasteiger partial charge in [0.25, 0.3) is 0 Å². The molecule has 21 heavy (non-hydrogen) atoms. The van der Waals surface area contributed by atoms with E-state index in [1.165, 1.54) is 17.8 Å². The lowest BCUT2D eigenvalue weighted by Crippen LogP contribution is -2.14. The second-order valence-electron chi connectivity index (χ2n) is 4.54. The summed E-state index contributed by atoms with van der Waals surface area (Å²) < 4.78 is 37.3. The maximum absolute atomic E-state index is 12.4. The number of aromatic nitrogens is 1. The molecule has 2 nitrogen and oxygen atoms in total. The molecule has 6 heteroatoms. The number of pyridine rings is 1. The summed E-state index contributed by atoms with van der Waals surface area (Å²) in [5, 5.41) is 0.567. The number of alkyl halides is 3. The number of nitrogens with zero attached hydrogens (tertiary/aromatic N) is 1. The Hall–Kier alpha value is -1.53. The van der Waals surface area contributed by atoms with Crippen molar-refractivity contribution in [3.63, 3.8) is 0 Å². The highest BCUT2D eigenvalue weighted by Crippen LogP contribution is 2.30. The van der Waals surface area contributed by atoms with E-state index in [0.29, 0.717) is 17.3 Å². The maximum Gasteiger partial charge on any atom is 0.417 e. The minimum Gasteiger partial charge on any atom is -0.330 e. The third-order valence-corrected chi connectivity index (χ3v) is 4.16. The van der Waals surface area contributed by atoms with Crippen molar-refractivity contribution in [1.29, 1.82) is 0 Å². The summed E-state index contributed by atoms with van der Waals surface area (Å²) in [5.74, 6) is 0.832. The summed E-state index contributed by atoms with van der Waals surface area (Å²) in [5.41, 5.74) is 6.16. The largest absolute Gasteiger partial charge is 0.417 e. The van der Waals surface area contributed by atoms with Gasteiger partial charge in [-0.2, -0.15) is 13.2 Å². The SMILES string of the molecule is NCC(CSc1ccc(C(F)(F)F)cn1)c1ccccc1. The zero-order valence-corrected chi connectivity index (χ0v) is 12.0. The predicted molar refractivity (Wildman–Crippen MR) is 78.2 cm³/mol. The normalized spacial score (nSPS) is 13.1. The van der Waals surface area contributed by atoms with Gasteiger partial charge in [-0.3, -0.25) is 0 Å². The lowest BCUT2D eigenvalue weighted by molar-refractivity contribution is -0.137. The van der Waals surface area contributed by atoms with Crippen LogP contribution in [0.2, 0.25) is 0 Å². The van der Waals surface area contributed by atoms with Gasteiger partial charge in [-0.15, -0.1) is 11.8 Å². The number of nitrogens with two attached hydrogens (primary N) is 1. The monoisotopic (exact) mass is 312 g/mol. The molecule has 1 atom stereocenters. The number of hydrogen-bond acceptors (Lipinski definition) is 3. The van der Waals surface area contributed by atoms with Gasteiger partial charge in [0.15, 0.2) is 0 Å². The summed E-state index contributed by atoms with van der Waals surface area (Å²) >= 11 is 1.41. The van der Waals surface area contributed by atoms with Gasteiger partial charge in [-0.25, -0.2) is 4.98 Å². The highest BCUT2D eigenvalue weighted by Gasteiger charge is 2.30. The molecule has 2 aromatic rings. The lowest BCUT2D eigenvalue weighted by Gasteiger charge is -2.14. The molecule has 1 aromatic carbocycles. The Morgan fingerprint density at radius 1 is 1.10 bits per heavy atom. The molecule has 1 heterocycles. The Morgan fingerprint density at radius 2 is 1.81 bits per heavy atom. The van der Waals surface area contributed by atoms with Crippen LogP contribution >= 0.6 is 11.8 Å². The van der Waals surface area contributed by atoms with Crippen LogP contribution in [0.15, 0.2) is 53.7 Å². The maximum atomic E-state index is 12.4. The second-order valence-corrected chi connectivity index (χ2v) is 5.58. The minimum atomic E-state index is -4.35. The molecule has 0 amide bonds. The number of halogens is 3. The summed E-state index contributed by atoms with van der Waals surface area (Å²) in [6.45, 7) is 0.484. The summed E-state index contributed by atoms with van der Waals surface area (Å²) in [6.07, 6.45) is -3.48. The molecule has 0 saturated carbocycles. The van der Waals surface area contributed by atoms with Gasteiger partial charge < -0.3 is 5.73 Å². The van der Waals surface area contributed by atoms with Gasteiger partial charge in [0.1, 0.15) is 0 Å². The first kappa shape index (κ1) is 15.9. The highest BCUT2D eigenvalue weighted by molar-refractivity contribution is 7.99. The summed E-state index contributed by atoms with van der Waals surface area (Å²) in [7, 11) is 0. The molecule has 0 aliphatic rings. The molecule has 0 radical (unpaired) electrons. The molecule has 0 spiro atoms. The molecule has 1 unspecified atom stereocenters. The number of benzene rings is 1. The number of rotatable bonds is 5. The van der Waals surface area contributed by atoms with Gasteiger partial charge in [0.05, 0.1) is 10.6 Å². The van der Waals surface area contributed by atoms with Crippen LogP contribution in [-0.2, 0) is 6.18 Å². The van der Waals surface area contributed by atoms with Gasteiger partial charge >= 0.3 is 6.18 Å². The van der Waals surface area contributed by atoms with E-state index in [2.05, 4.69) is 4.98 Å². The van der Waals surface area contributed by atoms with Crippen LogP contribution in [0.4, 0.5) is 13.2 Å². The average molecular weight is 312 g/mol. The van der Waals surface area contributed by atoms with E-state index in [0.717, 1.165) is 17.8 Å². The fourth-order valence-corrected chi connectivity index (χ4v) is 2.84. The van der Waals surface area contributed by atoms with Crippen molar-refractivity contribution in [2.24, 2.45) is 5.73 Å². The van der Waals surface area contributed by atoms with E-state index >= 15 is 0 Å². The van der Waals surface area contributed by atoms with Crippen LogP contribution in [0, 0.1) is 0 Å². The molecule has 1 aromatic heterocycles. The Kier molecular flexibility index (Phi) is 5.25. The lowest BCUT2D eigenvalue weighted by atomic mass is 10.0. The van der Waals surface area contributed by atoms with Crippen molar-refractivity contribution >= 4 is 11.8 Å². The quantitative estimate of drug-likeness (QED) is 0.850. The van der Waals surface area contributed by atoms with Crippen molar-refractivity contribution in [1.82, 2.24) is 4.98 Å². The first-order valence-corrected chi connectivity index (χ1v) is 7.40. The van der Waals surface area contributed by atoms with Crippen LogP contribution in [0.25, 0.3) is 0 Å². The smallest absolute Gasteiger partial charge is 0.330 e. The van der Waals surface area contributed by atoms with Crippen molar-refractivity contribution in [2.45, 2.75) is 17.1 Å². The van der Waals surface area contributed by atoms with Crippen LogP contribution in [0.1, 0.15) is 17.0 Å². The molecule has 0 aliphatic carbocycles. The minimum absolute atomic E-state index is 0.153. The van der Waals surface area contributed by atoms with Gasteiger partial charge in [-0.05, 0) is 24.2 Å². The Morgan fingerprint density at radius 3 is 2.33 bits per heavy atom. The number of hydrogen-bond donors (Lipinski definition) is 1. The molecule has 112 valence electrons. The Balaban J connectivity index is 1.99. The third kappa shape index (κ3) is 4.47. The van der Waals surface area contributed by atoms with E-state index in [-0.39, 0.29) is 5.92 Å². The fraction of sp³-hybridized carbons (Fsp3) is 0.267. The van der Waals surface area contributed by atoms with E-state index in [4.69, 9.17) is 5.73 Å². The van der Waals surface area contributed by atoms with Crippen LogP contribution in [-0.4, -0.2) is 17.3 Å². The molecule has 0 fully saturated rings. The molecular formula is C15H15F3N2S. The van der Waals surface area contributed by atoms with Gasteiger partial charge in [-0.1, -0.05) is 30.3 Å². The summed E-state index contributed by atoms with van der Waals surface area (Å²) in [6, 6.07) is 12.3. The summed E-state index contributed by atoms with van der Waals surface area (Å²) in [4.78, 5) is 3.85. The van der Waals surface area contributed by atoms with Gasteiger partial charge in [0, 0.05) is 17.9 Å². The zero-order valence-electron chi connectivity index (χ0n) is 11.2. The zero-order chi connectivity index (χ0) is 15.3. The van der Waals surface area contributed by atoms with E-state index < -0.39 is 11.7 Å². The standard InChI is InChI=1S/C15H15F3N2S/c16-15(17,18)13-6-7-14(20-9-13)21-10-12(8-19)11-4-2-1-3-5-11/h1-7,9,12H,8,10,19H2. The molecule has 2 rings (SSSR count). The van der Waals surface area contributed by atoms with Crippen molar-refractivity contribution in [3.05, 3.63) is 59.8 Å². The van der Waals surface area contributed by atoms with Crippen LogP contribution in [0.5, 0.6) is 0 Å². The molecule has 2 N–H and O–H groups in total. The number of thioether (sulfide) groups is 1. The first-order valence-electron chi connectivity index (χ1n) is 6.42. The second kappa shape index (κ2) is 6.95. The van der Waals surface area contributed by atoms with Crippen molar-refractivity contribution in [3.8, 4) is 0 Å². The topological polar surface area (TPSA) is 38.9 Å². The molecular weight excluding hydrogens is 297 g/mol. The molecule has 0 aliphatic heterocycles. The fourth-order valence-electron chi connectivity index (χ4n) is 1.84. The Labute approximate surface area is 125 Å². The van der Waals surface area contributed by atoms with Gasteiger partial charge in [0.2, 0.25) is 0 Å². The van der Waals surface area contributed by atoms with Crippen molar-refractivity contribution < 1.29 is 13.2 Å². The predicted octanol–water partition coefficient (Wildman–Crippen LogP) is 3.94. The van der Waals surface area contributed by atoms with Crippen LogP contribution in [0.3, 0.4) is 0 Å². The van der Waals surface area contributed by atoms with E-state index in [1.54, 1.807) is 0 Å². The van der Waals surface area contributed by atoms with E-state index in [1.807, 2.05) is 30.3 Å².